The van der Waals surface area contributed by atoms with Gasteiger partial charge in [-0.2, -0.15) is 14.9 Å². The summed E-state index contributed by atoms with van der Waals surface area (Å²) in [6, 6.07) is 8.20. The van der Waals surface area contributed by atoms with Gasteiger partial charge in [-0.05, 0) is 18.1 Å². The van der Waals surface area contributed by atoms with Gasteiger partial charge >= 0.3 is 0 Å². The maximum Gasteiger partial charge on any atom is 0.278 e. The van der Waals surface area contributed by atoms with Crippen molar-refractivity contribution >= 4 is 5.65 Å². The van der Waals surface area contributed by atoms with Crippen molar-refractivity contribution in [1.29, 1.82) is 5.26 Å². The quantitative estimate of drug-likeness (QED) is 0.790. The Hall–Kier alpha value is -2.94. The maximum absolute atomic E-state index is 14.1. The van der Waals surface area contributed by atoms with Gasteiger partial charge in [-0.3, -0.25) is 4.79 Å². The van der Waals surface area contributed by atoms with Gasteiger partial charge in [0.25, 0.3) is 5.56 Å². The number of halogens is 1. The Morgan fingerprint density at radius 1 is 1.36 bits per heavy atom. The van der Waals surface area contributed by atoms with Crippen LogP contribution in [0.25, 0.3) is 16.9 Å². The number of aromatic nitrogens is 3. The molecular weight excluding hydrogens is 283 g/mol. The lowest BCUT2D eigenvalue weighted by atomic mass is 9.98. The third-order valence-corrected chi connectivity index (χ3v) is 3.55. The van der Waals surface area contributed by atoms with Gasteiger partial charge in [0, 0.05) is 11.1 Å². The van der Waals surface area contributed by atoms with E-state index in [0.717, 1.165) is 4.52 Å². The molecule has 0 amide bonds. The molecule has 0 spiro atoms. The number of rotatable bonds is 2. The average molecular weight is 296 g/mol. The van der Waals surface area contributed by atoms with Crippen LogP contribution in [0.2, 0.25) is 0 Å². The summed E-state index contributed by atoms with van der Waals surface area (Å²) in [5.74, 6) is -0.556. The zero-order valence-corrected chi connectivity index (χ0v) is 12.1. The number of aromatic amines is 1. The molecule has 2 heterocycles. The molecule has 110 valence electrons. The van der Waals surface area contributed by atoms with Crippen LogP contribution in [0.5, 0.6) is 0 Å². The summed E-state index contributed by atoms with van der Waals surface area (Å²) in [6.07, 6.45) is 1.32. The van der Waals surface area contributed by atoms with Crippen molar-refractivity contribution in [2.45, 2.75) is 19.8 Å². The number of hydrogen-bond acceptors (Lipinski definition) is 3. The van der Waals surface area contributed by atoms with E-state index >= 15 is 0 Å². The Balaban J connectivity index is 2.47. The van der Waals surface area contributed by atoms with Gasteiger partial charge in [-0.1, -0.05) is 26.0 Å². The molecule has 0 aliphatic heterocycles. The summed E-state index contributed by atoms with van der Waals surface area (Å²) in [7, 11) is 0. The summed E-state index contributed by atoms with van der Waals surface area (Å²) in [5.41, 5.74) is 1.30. The van der Waals surface area contributed by atoms with Crippen molar-refractivity contribution in [1.82, 2.24) is 14.6 Å². The normalized spacial score (nSPS) is 11.0. The smallest absolute Gasteiger partial charge is 0.278 e. The second-order valence-electron chi connectivity index (χ2n) is 5.28. The molecule has 0 aliphatic rings. The van der Waals surface area contributed by atoms with Gasteiger partial charge in [0.15, 0.2) is 5.65 Å². The van der Waals surface area contributed by atoms with Gasteiger partial charge in [0.1, 0.15) is 17.4 Å². The highest BCUT2D eigenvalue weighted by molar-refractivity contribution is 5.68. The minimum atomic E-state index is -0.428. The number of benzene rings is 1. The Labute approximate surface area is 125 Å². The third-order valence-electron chi connectivity index (χ3n) is 3.55. The van der Waals surface area contributed by atoms with E-state index in [0.29, 0.717) is 16.8 Å². The summed E-state index contributed by atoms with van der Waals surface area (Å²) in [6.45, 7) is 3.71. The highest BCUT2D eigenvalue weighted by Crippen LogP contribution is 2.27. The molecular formula is C16H13FN4O. The van der Waals surface area contributed by atoms with E-state index in [1.54, 1.807) is 18.2 Å². The number of nitriles is 1. The molecule has 1 N–H and O–H groups in total. The van der Waals surface area contributed by atoms with E-state index in [1.165, 1.54) is 12.3 Å². The molecule has 0 bridgehead atoms. The second-order valence-corrected chi connectivity index (χ2v) is 5.28. The van der Waals surface area contributed by atoms with Crippen LogP contribution in [-0.4, -0.2) is 14.6 Å². The fraction of sp³-hybridized carbons (Fsp3) is 0.188. The van der Waals surface area contributed by atoms with Crippen LogP contribution < -0.4 is 5.56 Å². The lowest BCUT2D eigenvalue weighted by Gasteiger charge is -2.13. The predicted octanol–water partition coefficient (Wildman–Crippen LogP) is 2.82. The molecule has 0 unspecified atom stereocenters. The van der Waals surface area contributed by atoms with Crippen LogP contribution in [-0.2, 0) is 0 Å². The Morgan fingerprint density at radius 3 is 2.73 bits per heavy atom. The monoisotopic (exact) mass is 296 g/mol. The number of nitrogens with one attached hydrogen (secondary N) is 1. The van der Waals surface area contributed by atoms with Crippen molar-refractivity contribution < 1.29 is 4.39 Å². The number of nitrogens with zero attached hydrogens (tertiary/aromatic N) is 3. The molecule has 2 aromatic heterocycles. The van der Waals surface area contributed by atoms with E-state index in [9.17, 15) is 9.18 Å². The highest BCUT2D eigenvalue weighted by Gasteiger charge is 2.20. The lowest BCUT2D eigenvalue weighted by molar-refractivity contribution is 0.630. The summed E-state index contributed by atoms with van der Waals surface area (Å²) >= 11 is 0. The molecule has 1 aromatic carbocycles. The first-order valence-electron chi connectivity index (χ1n) is 6.83. The van der Waals surface area contributed by atoms with E-state index in [-0.39, 0.29) is 22.7 Å². The molecule has 0 aliphatic carbocycles. The molecule has 3 rings (SSSR count). The fourth-order valence-corrected chi connectivity index (χ4v) is 2.52. The third kappa shape index (κ3) is 1.99. The van der Waals surface area contributed by atoms with E-state index < -0.39 is 5.82 Å². The summed E-state index contributed by atoms with van der Waals surface area (Å²) < 4.78 is 15.3. The van der Waals surface area contributed by atoms with Crippen LogP contribution in [0.4, 0.5) is 4.39 Å². The first kappa shape index (κ1) is 14.0. The van der Waals surface area contributed by atoms with Crippen molar-refractivity contribution in [3.8, 4) is 17.3 Å². The van der Waals surface area contributed by atoms with Crippen LogP contribution in [0.15, 0.2) is 35.3 Å². The van der Waals surface area contributed by atoms with Crippen molar-refractivity contribution in [2.75, 3.05) is 0 Å². The molecule has 22 heavy (non-hydrogen) atoms. The van der Waals surface area contributed by atoms with Crippen molar-refractivity contribution in [2.24, 2.45) is 0 Å². The van der Waals surface area contributed by atoms with Crippen LogP contribution >= 0.6 is 0 Å². The number of H-pyrrole nitrogens is 1. The molecule has 5 nitrogen and oxygen atoms in total. The fourth-order valence-electron chi connectivity index (χ4n) is 2.52. The van der Waals surface area contributed by atoms with Gasteiger partial charge < -0.3 is 4.98 Å². The maximum atomic E-state index is 14.1. The molecule has 6 heteroatoms. The molecule has 3 aromatic rings. The van der Waals surface area contributed by atoms with Crippen LogP contribution in [0.1, 0.15) is 30.9 Å². The second kappa shape index (κ2) is 5.11. The SMILES string of the molecule is CC(C)c1c(-c2ccccc2F)[nH]c2c(C#N)cnn2c1=O. The van der Waals surface area contributed by atoms with Gasteiger partial charge in [-0.15, -0.1) is 0 Å². The summed E-state index contributed by atoms with van der Waals surface area (Å²) in [4.78, 5) is 15.7. The first-order valence-corrected chi connectivity index (χ1v) is 6.83. The topological polar surface area (TPSA) is 73.9 Å². The van der Waals surface area contributed by atoms with E-state index in [4.69, 9.17) is 5.26 Å². The Morgan fingerprint density at radius 2 is 2.09 bits per heavy atom. The van der Waals surface area contributed by atoms with Gasteiger partial charge in [-0.25, -0.2) is 4.39 Å². The van der Waals surface area contributed by atoms with Gasteiger partial charge in [0.2, 0.25) is 0 Å². The standard InChI is InChI=1S/C16H13FN4O/c1-9(2)13-14(11-5-3-4-6-12(11)17)20-15-10(7-18)8-19-21(15)16(13)22/h3-6,8-9,20H,1-2H3. The molecule has 0 atom stereocenters. The predicted molar refractivity (Wildman–Crippen MR) is 80.0 cm³/mol. The lowest BCUT2D eigenvalue weighted by Crippen LogP contribution is -2.22. The Bertz CT molecular complexity index is 962. The van der Waals surface area contributed by atoms with Crippen molar-refractivity contribution in [3.05, 3.63) is 57.8 Å². The number of fused-ring (bicyclic) bond motifs is 1. The molecule has 0 radical (unpaired) electrons. The van der Waals surface area contributed by atoms with Crippen LogP contribution in [0.3, 0.4) is 0 Å². The minimum absolute atomic E-state index is 0.127. The molecule has 0 saturated heterocycles. The highest BCUT2D eigenvalue weighted by atomic mass is 19.1. The molecule has 0 fully saturated rings. The minimum Gasteiger partial charge on any atom is -0.338 e. The Kier molecular flexibility index (Phi) is 3.26. The largest absolute Gasteiger partial charge is 0.338 e. The number of hydrogen-bond donors (Lipinski definition) is 1. The molecule has 0 saturated carbocycles. The average Bonchev–Trinajstić information content (AvgIpc) is 2.90. The van der Waals surface area contributed by atoms with E-state index in [1.807, 2.05) is 19.9 Å². The van der Waals surface area contributed by atoms with Crippen molar-refractivity contribution in [3.63, 3.8) is 0 Å². The first-order chi connectivity index (χ1) is 10.5. The zero-order chi connectivity index (χ0) is 15.9. The van der Waals surface area contributed by atoms with Gasteiger partial charge in [0.05, 0.1) is 11.9 Å². The zero-order valence-electron chi connectivity index (χ0n) is 12.1. The summed E-state index contributed by atoms with van der Waals surface area (Å²) in [5, 5.41) is 13.1. The van der Waals surface area contributed by atoms with E-state index in [2.05, 4.69) is 10.1 Å². The van der Waals surface area contributed by atoms with Crippen LogP contribution in [0, 0.1) is 17.1 Å².